The maximum absolute atomic E-state index is 12.7. The number of amides is 1. The number of hydrogen-bond donors (Lipinski definition) is 1. The van der Waals surface area contributed by atoms with Crippen molar-refractivity contribution in [1.82, 2.24) is 15.2 Å². The monoisotopic (exact) mass is 395 g/mol. The molecule has 0 unspecified atom stereocenters. The van der Waals surface area contributed by atoms with Gasteiger partial charge in [0.15, 0.2) is 0 Å². The van der Waals surface area contributed by atoms with E-state index >= 15 is 0 Å². The van der Waals surface area contributed by atoms with Gasteiger partial charge in [-0.3, -0.25) is 14.7 Å². The second kappa shape index (κ2) is 9.40. The number of rotatable bonds is 6. The van der Waals surface area contributed by atoms with Crippen LogP contribution in [0.2, 0.25) is 0 Å². The van der Waals surface area contributed by atoms with Crippen molar-refractivity contribution in [3.63, 3.8) is 0 Å². The van der Waals surface area contributed by atoms with E-state index in [2.05, 4.69) is 27.3 Å². The van der Waals surface area contributed by atoms with Crippen LogP contribution in [0.1, 0.15) is 50.9 Å². The first-order chi connectivity index (χ1) is 13.9. The average Bonchev–Trinajstić information content (AvgIpc) is 2.72. The number of methoxy groups -OCH3 is 1. The molecule has 1 amide bonds. The van der Waals surface area contributed by atoms with Crippen LogP contribution in [0.15, 0.2) is 48.7 Å². The highest BCUT2D eigenvalue weighted by atomic mass is 16.5. The Hall–Kier alpha value is -2.40. The van der Waals surface area contributed by atoms with Crippen molar-refractivity contribution in [3.8, 4) is 5.75 Å². The van der Waals surface area contributed by atoms with Gasteiger partial charge in [-0.2, -0.15) is 0 Å². The van der Waals surface area contributed by atoms with E-state index in [0.29, 0.717) is 5.92 Å². The Labute approximate surface area is 174 Å². The molecule has 156 valence electrons. The third-order valence-electron chi connectivity index (χ3n) is 5.62. The zero-order valence-electron chi connectivity index (χ0n) is 18.0. The number of nitrogens with one attached hydrogen (secondary N) is 1. The minimum atomic E-state index is -0.417. The molecule has 1 aromatic heterocycles. The number of ether oxygens (including phenoxy) is 1. The molecule has 1 saturated heterocycles. The van der Waals surface area contributed by atoms with E-state index in [9.17, 15) is 4.79 Å². The van der Waals surface area contributed by atoms with E-state index in [1.165, 1.54) is 5.56 Å². The van der Waals surface area contributed by atoms with Crippen LogP contribution < -0.4 is 10.1 Å². The van der Waals surface area contributed by atoms with E-state index in [1.54, 1.807) is 7.11 Å². The smallest absolute Gasteiger partial charge is 0.225 e. The van der Waals surface area contributed by atoms with E-state index in [4.69, 9.17) is 4.74 Å². The lowest BCUT2D eigenvalue weighted by Crippen LogP contribution is -2.44. The summed E-state index contributed by atoms with van der Waals surface area (Å²) in [6.07, 6.45) is 3.88. The molecule has 1 N–H and O–H groups in total. The van der Waals surface area contributed by atoms with Gasteiger partial charge in [0.1, 0.15) is 5.75 Å². The van der Waals surface area contributed by atoms with E-state index in [-0.39, 0.29) is 11.9 Å². The van der Waals surface area contributed by atoms with E-state index in [0.717, 1.165) is 43.9 Å². The fraction of sp³-hybridized carbons (Fsp3) is 0.500. The van der Waals surface area contributed by atoms with Crippen LogP contribution >= 0.6 is 0 Å². The summed E-state index contributed by atoms with van der Waals surface area (Å²) in [5.74, 6) is 1.36. The summed E-state index contributed by atoms with van der Waals surface area (Å²) in [4.78, 5) is 19.7. The van der Waals surface area contributed by atoms with Crippen LogP contribution in [0.5, 0.6) is 5.75 Å². The Morgan fingerprint density at radius 2 is 1.97 bits per heavy atom. The third-order valence-corrected chi connectivity index (χ3v) is 5.62. The first-order valence-electron chi connectivity index (χ1n) is 10.4. The zero-order chi connectivity index (χ0) is 20.9. The second-order valence-corrected chi connectivity index (χ2v) is 8.92. The molecule has 2 aromatic rings. The Bertz CT molecular complexity index is 793. The number of likely N-dealkylation sites (tertiary alicyclic amines) is 1. The molecule has 5 nitrogen and oxygen atoms in total. The van der Waals surface area contributed by atoms with Gasteiger partial charge in [0.2, 0.25) is 5.91 Å². The number of nitrogens with zero attached hydrogens (tertiary/aromatic N) is 2. The van der Waals surface area contributed by atoms with Gasteiger partial charge in [-0.1, -0.05) is 39.0 Å². The molecule has 1 fully saturated rings. The third kappa shape index (κ3) is 5.80. The van der Waals surface area contributed by atoms with Crippen LogP contribution in [-0.2, 0) is 11.3 Å². The largest absolute Gasteiger partial charge is 0.497 e. The highest BCUT2D eigenvalue weighted by Gasteiger charge is 2.32. The number of carbonyl (C=O) groups excluding carboxylic acids is 1. The molecule has 1 atom stereocenters. The molecule has 2 heterocycles. The summed E-state index contributed by atoms with van der Waals surface area (Å²) in [6.45, 7) is 8.80. The van der Waals surface area contributed by atoms with Crippen LogP contribution in [0.4, 0.5) is 0 Å². The summed E-state index contributed by atoms with van der Waals surface area (Å²) >= 11 is 0. The highest BCUT2D eigenvalue weighted by Crippen LogP contribution is 2.31. The number of hydrogen-bond acceptors (Lipinski definition) is 4. The maximum atomic E-state index is 12.7. The molecule has 0 spiro atoms. The lowest BCUT2D eigenvalue weighted by atomic mass is 9.85. The van der Waals surface area contributed by atoms with Gasteiger partial charge in [0, 0.05) is 18.2 Å². The first kappa shape index (κ1) is 21.3. The lowest BCUT2D eigenvalue weighted by Gasteiger charge is -2.37. The van der Waals surface area contributed by atoms with Gasteiger partial charge in [-0.05, 0) is 61.7 Å². The summed E-state index contributed by atoms with van der Waals surface area (Å²) in [7, 11) is 1.70. The topological polar surface area (TPSA) is 54.5 Å². The average molecular weight is 396 g/mol. The second-order valence-electron chi connectivity index (χ2n) is 8.92. The van der Waals surface area contributed by atoms with Gasteiger partial charge in [-0.25, -0.2) is 0 Å². The lowest BCUT2D eigenvalue weighted by molar-refractivity contribution is -0.129. The van der Waals surface area contributed by atoms with Gasteiger partial charge in [0.25, 0.3) is 0 Å². The highest BCUT2D eigenvalue weighted by molar-refractivity contribution is 5.81. The number of aromatic nitrogens is 1. The van der Waals surface area contributed by atoms with Crippen molar-refractivity contribution in [2.75, 3.05) is 20.2 Å². The molecule has 1 aromatic carbocycles. The van der Waals surface area contributed by atoms with Crippen LogP contribution in [0.25, 0.3) is 0 Å². The SMILES string of the molecule is COc1cccc(CN2CCC([C@H](NC(=O)C(C)(C)C)c3ccccn3)CC2)c1. The predicted octanol–water partition coefficient (Wildman–Crippen LogP) is 4.21. The Morgan fingerprint density at radius 1 is 1.21 bits per heavy atom. The first-order valence-corrected chi connectivity index (χ1v) is 10.4. The summed E-state index contributed by atoms with van der Waals surface area (Å²) < 4.78 is 5.34. The Balaban J connectivity index is 1.65. The molecular weight excluding hydrogens is 362 g/mol. The minimum Gasteiger partial charge on any atom is -0.497 e. The normalized spacial score (nSPS) is 17.0. The fourth-order valence-corrected chi connectivity index (χ4v) is 3.82. The van der Waals surface area contributed by atoms with Gasteiger partial charge >= 0.3 is 0 Å². The Morgan fingerprint density at radius 3 is 2.59 bits per heavy atom. The molecule has 0 saturated carbocycles. The van der Waals surface area contributed by atoms with Crippen LogP contribution in [-0.4, -0.2) is 36.0 Å². The molecule has 0 aliphatic carbocycles. The van der Waals surface area contributed by atoms with Crippen molar-refractivity contribution >= 4 is 5.91 Å². The molecule has 5 heteroatoms. The number of benzene rings is 1. The van der Waals surface area contributed by atoms with Gasteiger partial charge in [0.05, 0.1) is 18.8 Å². The molecular formula is C24H33N3O2. The zero-order valence-corrected chi connectivity index (χ0v) is 18.0. The predicted molar refractivity (Wildman–Crippen MR) is 116 cm³/mol. The van der Waals surface area contributed by atoms with E-state index in [1.807, 2.05) is 57.3 Å². The molecule has 0 radical (unpaired) electrons. The minimum absolute atomic E-state index is 0.0399. The van der Waals surface area contributed by atoms with Crippen molar-refractivity contribution in [2.24, 2.45) is 11.3 Å². The molecule has 0 bridgehead atoms. The number of pyridine rings is 1. The van der Waals surface area contributed by atoms with Crippen molar-refractivity contribution in [1.29, 1.82) is 0 Å². The molecule has 3 rings (SSSR count). The number of carbonyl (C=O) groups is 1. The summed E-state index contributed by atoms with van der Waals surface area (Å²) in [6, 6.07) is 14.2. The molecule has 1 aliphatic rings. The fourth-order valence-electron chi connectivity index (χ4n) is 3.82. The van der Waals surface area contributed by atoms with Gasteiger partial charge in [-0.15, -0.1) is 0 Å². The van der Waals surface area contributed by atoms with E-state index < -0.39 is 5.41 Å². The van der Waals surface area contributed by atoms with Crippen molar-refractivity contribution < 1.29 is 9.53 Å². The maximum Gasteiger partial charge on any atom is 0.225 e. The quantitative estimate of drug-likeness (QED) is 0.796. The Kier molecular flexibility index (Phi) is 6.91. The number of piperidine rings is 1. The molecule has 29 heavy (non-hydrogen) atoms. The summed E-state index contributed by atoms with van der Waals surface area (Å²) in [5.41, 5.74) is 1.81. The standard InChI is InChI=1S/C24H33N3O2/c1-24(2,3)23(28)26-22(21-10-5-6-13-25-21)19-11-14-27(15-12-19)17-18-8-7-9-20(16-18)29-4/h5-10,13,16,19,22H,11-12,14-15,17H2,1-4H3,(H,26,28)/t22-/m0/s1. The molecule has 1 aliphatic heterocycles. The summed E-state index contributed by atoms with van der Waals surface area (Å²) in [5, 5.41) is 3.29. The van der Waals surface area contributed by atoms with Crippen LogP contribution in [0, 0.1) is 11.3 Å². The van der Waals surface area contributed by atoms with Crippen molar-refractivity contribution in [2.45, 2.75) is 46.2 Å². The van der Waals surface area contributed by atoms with Gasteiger partial charge < -0.3 is 10.1 Å². The van der Waals surface area contributed by atoms with Crippen molar-refractivity contribution in [3.05, 3.63) is 59.9 Å². The van der Waals surface area contributed by atoms with Crippen LogP contribution in [0.3, 0.4) is 0 Å².